The summed E-state index contributed by atoms with van der Waals surface area (Å²) in [6.07, 6.45) is 1.10. The van der Waals surface area contributed by atoms with Gasteiger partial charge in [0, 0.05) is 25.1 Å². The molecule has 4 N–H and O–H groups in total. The molecule has 1 aliphatic heterocycles. The first-order chi connectivity index (χ1) is 23.0. The molecule has 0 saturated carbocycles. The van der Waals surface area contributed by atoms with Gasteiger partial charge in [-0.2, -0.15) is 0 Å². The van der Waals surface area contributed by atoms with Crippen molar-refractivity contribution in [2.24, 2.45) is 11.8 Å². The van der Waals surface area contributed by atoms with E-state index in [1.54, 1.807) is 24.7 Å². The first-order valence-electron chi connectivity index (χ1n) is 16.4. The quantitative estimate of drug-likeness (QED) is 0.198. The molecule has 3 heterocycles. The van der Waals surface area contributed by atoms with Crippen molar-refractivity contribution in [2.45, 2.75) is 64.8 Å². The number of rotatable bonds is 10. The number of esters is 1. The van der Waals surface area contributed by atoms with Crippen LogP contribution >= 0.6 is 0 Å². The summed E-state index contributed by atoms with van der Waals surface area (Å²) in [5.41, 5.74) is 11.6. The Labute approximate surface area is 279 Å². The summed E-state index contributed by atoms with van der Waals surface area (Å²) in [5, 5.41) is 5.84. The number of fused-ring (bicyclic) bond motifs is 4. The van der Waals surface area contributed by atoms with Crippen LogP contribution in [0.1, 0.15) is 73.1 Å². The van der Waals surface area contributed by atoms with Crippen LogP contribution in [-0.2, 0) is 19.0 Å². The molecule has 1 aliphatic carbocycles. The largest absolute Gasteiger partial charge is 0.461 e. The van der Waals surface area contributed by atoms with Crippen molar-refractivity contribution in [3.8, 4) is 11.1 Å². The van der Waals surface area contributed by atoms with Gasteiger partial charge < -0.3 is 35.1 Å². The molecule has 6 rings (SSSR count). The molecule has 4 atom stereocenters. The Morgan fingerprint density at radius 2 is 1.69 bits per heavy atom. The number of nitrogens with one attached hydrogen (secondary N) is 2. The van der Waals surface area contributed by atoms with Crippen LogP contribution in [0, 0.1) is 18.8 Å². The molecule has 2 aliphatic rings. The van der Waals surface area contributed by atoms with E-state index < -0.39 is 30.4 Å². The SMILES string of the molecule is CNC(=O)c1cn([C@@H]2O[C@H](COC(=O)[C@H](CC(C)C)NC(=O)OCC3c4ccccc4-c4ccccc43)C[C@H]2C)c2nc(C)nc(N)c12. The van der Waals surface area contributed by atoms with Gasteiger partial charge in [-0.05, 0) is 47.9 Å². The second kappa shape index (κ2) is 13.6. The van der Waals surface area contributed by atoms with Crippen LogP contribution < -0.4 is 16.4 Å². The third-order valence-corrected chi connectivity index (χ3v) is 9.05. The van der Waals surface area contributed by atoms with Gasteiger partial charge in [-0.25, -0.2) is 19.6 Å². The number of carbonyl (C=O) groups excluding carboxylic acids is 3. The third kappa shape index (κ3) is 6.44. The molecule has 48 heavy (non-hydrogen) atoms. The number of aromatic nitrogens is 3. The lowest BCUT2D eigenvalue weighted by atomic mass is 9.98. The molecule has 252 valence electrons. The summed E-state index contributed by atoms with van der Waals surface area (Å²) in [7, 11) is 1.55. The van der Waals surface area contributed by atoms with E-state index in [1.807, 2.05) is 45.0 Å². The molecule has 12 heteroatoms. The van der Waals surface area contributed by atoms with Gasteiger partial charge in [-0.1, -0.05) is 69.3 Å². The van der Waals surface area contributed by atoms with Crippen molar-refractivity contribution in [3.05, 3.63) is 77.2 Å². The number of alkyl carbamates (subject to hydrolysis) is 1. The predicted octanol–water partition coefficient (Wildman–Crippen LogP) is 5.10. The molecule has 0 bridgehead atoms. The number of benzene rings is 2. The summed E-state index contributed by atoms with van der Waals surface area (Å²) < 4.78 is 19.6. The Morgan fingerprint density at radius 1 is 1.02 bits per heavy atom. The van der Waals surface area contributed by atoms with E-state index in [9.17, 15) is 14.4 Å². The van der Waals surface area contributed by atoms with Gasteiger partial charge in [-0.3, -0.25) is 4.79 Å². The van der Waals surface area contributed by atoms with E-state index in [1.165, 1.54) is 0 Å². The van der Waals surface area contributed by atoms with Gasteiger partial charge in [0.25, 0.3) is 5.91 Å². The number of anilines is 1. The molecule has 12 nitrogen and oxygen atoms in total. The first-order valence-corrected chi connectivity index (χ1v) is 16.4. The maximum Gasteiger partial charge on any atom is 0.407 e. The number of aryl methyl sites for hydroxylation is 1. The number of ether oxygens (including phenoxy) is 3. The fourth-order valence-corrected chi connectivity index (χ4v) is 6.90. The monoisotopic (exact) mass is 654 g/mol. The van der Waals surface area contributed by atoms with E-state index >= 15 is 0 Å². The Bertz CT molecular complexity index is 1810. The summed E-state index contributed by atoms with van der Waals surface area (Å²) in [5.74, 6) is -0.160. The molecule has 1 fully saturated rings. The third-order valence-electron chi connectivity index (χ3n) is 9.05. The predicted molar refractivity (Wildman–Crippen MR) is 180 cm³/mol. The van der Waals surface area contributed by atoms with Crippen molar-refractivity contribution >= 4 is 34.8 Å². The van der Waals surface area contributed by atoms with Crippen molar-refractivity contribution in [3.63, 3.8) is 0 Å². The minimum atomic E-state index is -0.888. The van der Waals surface area contributed by atoms with Crippen molar-refractivity contribution in [1.29, 1.82) is 0 Å². The van der Waals surface area contributed by atoms with E-state index in [2.05, 4.69) is 44.9 Å². The van der Waals surface area contributed by atoms with Crippen LogP contribution in [0.3, 0.4) is 0 Å². The maximum atomic E-state index is 13.3. The van der Waals surface area contributed by atoms with Crippen LogP contribution in [0.2, 0.25) is 0 Å². The molecule has 4 aromatic rings. The van der Waals surface area contributed by atoms with Crippen LogP contribution in [0.4, 0.5) is 10.6 Å². The lowest BCUT2D eigenvalue weighted by molar-refractivity contribution is -0.151. The van der Waals surface area contributed by atoms with Gasteiger partial charge in [0.2, 0.25) is 0 Å². The first kappa shape index (κ1) is 33.0. The average Bonchev–Trinajstić information content (AvgIpc) is 3.72. The van der Waals surface area contributed by atoms with Gasteiger partial charge in [-0.15, -0.1) is 0 Å². The zero-order valence-corrected chi connectivity index (χ0v) is 27.9. The number of amides is 2. The second-order valence-corrected chi connectivity index (χ2v) is 13.0. The zero-order valence-electron chi connectivity index (χ0n) is 27.9. The number of hydrogen-bond acceptors (Lipinski definition) is 9. The summed E-state index contributed by atoms with van der Waals surface area (Å²) >= 11 is 0. The molecule has 0 unspecified atom stereocenters. The second-order valence-electron chi connectivity index (χ2n) is 13.0. The molecule has 1 saturated heterocycles. The molecular formula is C36H42N6O6. The van der Waals surface area contributed by atoms with Gasteiger partial charge in [0.15, 0.2) is 0 Å². The van der Waals surface area contributed by atoms with E-state index in [-0.39, 0.29) is 42.7 Å². The highest BCUT2D eigenvalue weighted by Gasteiger charge is 2.37. The highest BCUT2D eigenvalue weighted by Crippen LogP contribution is 2.44. The van der Waals surface area contributed by atoms with Crippen molar-refractivity contribution < 1.29 is 28.6 Å². The van der Waals surface area contributed by atoms with Crippen LogP contribution in [0.5, 0.6) is 0 Å². The Balaban J connectivity index is 1.09. The number of carbonyl (C=O) groups is 3. The average molecular weight is 655 g/mol. The fraction of sp³-hybridized carbons (Fsp3) is 0.417. The Morgan fingerprint density at radius 3 is 2.33 bits per heavy atom. The highest BCUT2D eigenvalue weighted by atomic mass is 16.6. The summed E-state index contributed by atoms with van der Waals surface area (Å²) in [4.78, 5) is 47.8. The van der Waals surface area contributed by atoms with Crippen LogP contribution in [0.25, 0.3) is 22.2 Å². The van der Waals surface area contributed by atoms with Gasteiger partial charge in [0.05, 0.1) is 17.1 Å². The van der Waals surface area contributed by atoms with E-state index in [0.29, 0.717) is 35.3 Å². The molecule has 0 radical (unpaired) electrons. The molecule has 2 aromatic carbocycles. The number of nitrogens with zero attached hydrogens (tertiary/aromatic N) is 3. The lowest BCUT2D eigenvalue weighted by Gasteiger charge is -2.21. The van der Waals surface area contributed by atoms with Crippen molar-refractivity contribution in [2.75, 3.05) is 26.0 Å². The van der Waals surface area contributed by atoms with E-state index in [0.717, 1.165) is 22.3 Å². The van der Waals surface area contributed by atoms with Gasteiger partial charge >= 0.3 is 12.1 Å². The van der Waals surface area contributed by atoms with E-state index in [4.69, 9.17) is 19.9 Å². The number of nitrogens with two attached hydrogens (primary N) is 1. The van der Waals surface area contributed by atoms with Crippen molar-refractivity contribution in [1.82, 2.24) is 25.2 Å². The summed E-state index contributed by atoms with van der Waals surface area (Å²) in [6, 6.07) is 15.4. The lowest BCUT2D eigenvalue weighted by Crippen LogP contribution is -2.43. The van der Waals surface area contributed by atoms with Gasteiger partial charge in [0.1, 0.15) is 42.8 Å². The minimum Gasteiger partial charge on any atom is -0.461 e. The topological polar surface area (TPSA) is 160 Å². The summed E-state index contributed by atoms with van der Waals surface area (Å²) in [6.45, 7) is 7.84. The number of nitrogen functional groups attached to an aromatic ring is 1. The smallest absolute Gasteiger partial charge is 0.407 e. The molecule has 2 amide bonds. The Kier molecular flexibility index (Phi) is 9.36. The standard InChI is InChI=1S/C36H42N6O6/c1-19(2)14-29(41-36(45)47-18-28-25-12-8-6-10-23(25)24-11-7-9-13-26(24)28)35(44)46-17-22-15-20(3)34(48-22)42-16-27(33(43)38-5)30-31(37)39-21(4)40-32(30)42/h6-13,16,19-20,22,28-29,34H,14-15,17-18H2,1-5H3,(H,38,43)(H,41,45)(H2,37,39,40)/t20-,22+,29+,34-/m1/s1. The van der Waals surface area contributed by atoms with Crippen LogP contribution in [0.15, 0.2) is 54.7 Å². The fourth-order valence-electron chi connectivity index (χ4n) is 6.90. The molecule has 2 aromatic heterocycles. The number of hydrogen-bond donors (Lipinski definition) is 3. The molecule has 0 spiro atoms. The zero-order chi connectivity index (χ0) is 34.1. The van der Waals surface area contributed by atoms with Crippen LogP contribution in [-0.4, -0.2) is 64.9 Å². The maximum absolute atomic E-state index is 13.3. The highest BCUT2D eigenvalue weighted by molar-refractivity contribution is 6.09. The Hall–Kier alpha value is -4.97. The molecular weight excluding hydrogens is 612 g/mol. The minimum absolute atomic E-state index is 0.00169. The normalized spacial score (nSPS) is 19.2.